The number of nitrogens with zero attached hydrogens (tertiary/aromatic N) is 2. The molecule has 0 heterocycles. The molecule has 0 bridgehead atoms. The second kappa shape index (κ2) is 14.3. The summed E-state index contributed by atoms with van der Waals surface area (Å²) in [5, 5.41) is 2.96. The fraction of sp³-hybridized carbons (Fsp3) is 0.212. The molecular formula is C33H34BrN3O4S. The van der Waals surface area contributed by atoms with Gasteiger partial charge >= 0.3 is 0 Å². The highest BCUT2D eigenvalue weighted by Crippen LogP contribution is 2.26. The Balaban J connectivity index is 1.78. The summed E-state index contributed by atoms with van der Waals surface area (Å²) >= 11 is 3.40. The molecule has 0 saturated heterocycles. The van der Waals surface area contributed by atoms with Crippen LogP contribution in [-0.4, -0.2) is 43.8 Å². The van der Waals surface area contributed by atoms with Crippen LogP contribution in [0, 0.1) is 0 Å². The van der Waals surface area contributed by atoms with E-state index >= 15 is 0 Å². The minimum absolute atomic E-state index is 0.0636. The van der Waals surface area contributed by atoms with E-state index in [0.717, 1.165) is 19.9 Å². The molecule has 0 spiro atoms. The Morgan fingerprint density at radius 2 is 1.29 bits per heavy atom. The van der Waals surface area contributed by atoms with Crippen molar-refractivity contribution in [2.75, 3.05) is 10.8 Å². The molecule has 1 N–H and O–H groups in total. The first-order chi connectivity index (χ1) is 20.1. The van der Waals surface area contributed by atoms with Gasteiger partial charge in [-0.25, -0.2) is 8.42 Å². The highest BCUT2D eigenvalue weighted by atomic mass is 79.9. The molecule has 7 nitrogen and oxygen atoms in total. The zero-order chi connectivity index (χ0) is 30.1. The van der Waals surface area contributed by atoms with E-state index in [1.165, 1.54) is 17.0 Å². The summed E-state index contributed by atoms with van der Waals surface area (Å²) in [5.74, 6) is -0.805. The first-order valence-electron chi connectivity index (χ1n) is 13.7. The van der Waals surface area contributed by atoms with Crippen molar-refractivity contribution < 1.29 is 18.0 Å². The number of carbonyl (C=O) groups excluding carboxylic acids is 2. The largest absolute Gasteiger partial charge is 0.352 e. The number of carbonyl (C=O) groups is 2. The normalized spacial score (nSPS) is 12.0. The van der Waals surface area contributed by atoms with Crippen LogP contribution in [0.1, 0.15) is 25.0 Å². The molecule has 42 heavy (non-hydrogen) atoms. The molecule has 218 valence electrons. The van der Waals surface area contributed by atoms with E-state index in [1.807, 2.05) is 74.5 Å². The van der Waals surface area contributed by atoms with E-state index < -0.39 is 28.5 Å². The summed E-state index contributed by atoms with van der Waals surface area (Å²) in [6, 6.07) is 32.6. The van der Waals surface area contributed by atoms with Crippen molar-refractivity contribution in [1.82, 2.24) is 10.2 Å². The lowest BCUT2D eigenvalue weighted by Crippen LogP contribution is -2.54. The van der Waals surface area contributed by atoms with Crippen LogP contribution in [0.4, 0.5) is 5.69 Å². The van der Waals surface area contributed by atoms with Gasteiger partial charge in [-0.3, -0.25) is 13.9 Å². The van der Waals surface area contributed by atoms with Gasteiger partial charge < -0.3 is 10.2 Å². The molecule has 9 heteroatoms. The zero-order valence-electron chi connectivity index (χ0n) is 23.6. The Morgan fingerprint density at radius 1 is 0.762 bits per heavy atom. The molecular weight excluding hydrogens is 614 g/mol. The third kappa shape index (κ3) is 8.08. The fourth-order valence-electron chi connectivity index (χ4n) is 4.57. The van der Waals surface area contributed by atoms with Gasteiger partial charge in [0.25, 0.3) is 10.0 Å². The molecule has 0 aromatic heterocycles. The summed E-state index contributed by atoms with van der Waals surface area (Å²) < 4.78 is 29.8. The molecule has 2 amide bonds. The smallest absolute Gasteiger partial charge is 0.264 e. The Kier molecular flexibility index (Phi) is 10.5. The fourth-order valence-corrected chi connectivity index (χ4v) is 6.27. The number of halogens is 1. The summed E-state index contributed by atoms with van der Waals surface area (Å²) in [4.78, 5) is 29.5. The summed E-state index contributed by atoms with van der Waals surface area (Å²) in [7, 11) is -4.12. The Labute approximate surface area is 256 Å². The zero-order valence-corrected chi connectivity index (χ0v) is 26.0. The average Bonchev–Trinajstić information content (AvgIpc) is 2.99. The minimum atomic E-state index is -4.12. The highest BCUT2D eigenvalue weighted by Gasteiger charge is 2.34. The number of anilines is 1. The Hall–Kier alpha value is -3.95. The monoisotopic (exact) mass is 647 g/mol. The average molecular weight is 649 g/mol. The van der Waals surface area contributed by atoms with Gasteiger partial charge in [-0.2, -0.15) is 0 Å². The SMILES string of the molecule is CC(C)NC(=O)[C@H](Cc1ccccc1)N(Cc1ccccc1)C(=O)CN(c1ccc(Br)cc1)S(=O)(=O)c1ccccc1. The van der Waals surface area contributed by atoms with Crippen molar-refractivity contribution in [3.8, 4) is 0 Å². The molecule has 4 rings (SSSR count). The minimum Gasteiger partial charge on any atom is -0.352 e. The van der Waals surface area contributed by atoms with Gasteiger partial charge in [-0.05, 0) is 61.4 Å². The van der Waals surface area contributed by atoms with Crippen molar-refractivity contribution in [2.45, 2.75) is 43.8 Å². The second-order valence-electron chi connectivity index (χ2n) is 10.2. The summed E-state index contributed by atoms with van der Waals surface area (Å²) in [6.07, 6.45) is 0.266. The van der Waals surface area contributed by atoms with Crippen LogP contribution in [0.25, 0.3) is 0 Å². The van der Waals surface area contributed by atoms with Crippen LogP contribution in [-0.2, 0) is 32.6 Å². The molecule has 0 aliphatic rings. The van der Waals surface area contributed by atoms with Crippen molar-refractivity contribution in [3.05, 3.63) is 131 Å². The van der Waals surface area contributed by atoms with Gasteiger partial charge in [-0.15, -0.1) is 0 Å². The van der Waals surface area contributed by atoms with Crippen LogP contribution in [0.5, 0.6) is 0 Å². The molecule has 0 aliphatic heterocycles. The molecule has 0 radical (unpaired) electrons. The molecule has 0 saturated carbocycles. The van der Waals surface area contributed by atoms with Gasteiger partial charge in [0.15, 0.2) is 0 Å². The number of rotatable bonds is 12. The predicted molar refractivity (Wildman–Crippen MR) is 169 cm³/mol. The number of sulfonamides is 1. The lowest BCUT2D eigenvalue weighted by Gasteiger charge is -2.34. The molecule has 4 aromatic rings. The number of benzene rings is 4. The number of hydrogen-bond donors (Lipinski definition) is 1. The van der Waals surface area contributed by atoms with E-state index in [-0.39, 0.29) is 29.8 Å². The number of hydrogen-bond acceptors (Lipinski definition) is 4. The molecule has 0 aliphatic carbocycles. The first kappa shape index (κ1) is 31.0. The van der Waals surface area contributed by atoms with Crippen LogP contribution in [0.15, 0.2) is 125 Å². The van der Waals surface area contributed by atoms with Crippen molar-refractivity contribution >= 4 is 43.5 Å². The van der Waals surface area contributed by atoms with Crippen molar-refractivity contribution in [2.24, 2.45) is 0 Å². The maximum absolute atomic E-state index is 14.3. The van der Waals surface area contributed by atoms with E-state index in [2.05, 4.69) is 21.2 Å². The van der Waals surface area contributed by atoms with E-state index in [4.69, 9.17) is 0 Å². The summed E-state index contributed by atoms with van der Waals surface area (Å²) in [5.41, 5.74) is 2.04. The second-order valence-corrected chi connectivity index (χ2v) is 13.0. The molecule has 4 aromatic carbocycles. The predicted octanol–water partition coefficient (Wildman–Crippen LogP) is 5.81. The lowest BCUT2D eigenvalue weighted by molar-refractivity contribution is -0.140. The van der Waals surface area contributed by atoms with Gasteiger partial charge in [0.2, 0.25) is 11.8 Å². The van der Waals surface area contributed by atoms with Crippen LogP contribution < -0.4 is 9.62 Å². The molecule has 0 unspecified atom stereocenters. The molecule has 1 atom stereocenters. The van der Waals surface area contributed by atoms with E-state index in [0.29, 0.717) is 5.69 Å². The lowest BCUT2D eigenvalue weighted by atomic mass is 10.0. The maximum atomic E-state index is 14.3. The van der Waals surface area contributed by atoms with Gasteiger partial charge in [0.1, 0.15) is 12.6 Å². The third-order valence-corrected chi connectivity index (χ3v) is 8.94. The standard InChI is InChI=1S/C33H34BrN3O4S/c1-25(2)35-33(39)31(22-26-12-6-3-7-13-26)36(23-27-14-8-4-9-15-27)32(38)24-37(29-20-18-28(34)19-21-29)42(40,41)30-16-10-5-11-17-30/h3-21,25,31H,22-24H2,1-2H3,(H,35,39)/t31-/m0/s1. The number of amides is 2. The molecule has 0 fully saturated rings. The van der Waals surface area contributed by atoms with Crippen molar-refractivity contribution in [3.63, 3.8) is 0 Å². The number of nitrogens with one attached hydrogen (secondary N) is 1. The first-order valence-corrected chi connectivity index (χ1v) is 15.9. The van der Waals surface area contributed by atoms with Gasteiger partial charge in [-0.1, -0.05) is 94.8 Å². The Morgan fingerprint density at radius 3 is 1.83 bits per heavy atom. The van der Waals surface area contributed by atoms with E-state index in [1.54, 1.807) is 42.5 Å². The van der Waals surface area contributed by atoms with Gasteiger partial charge in [0, 0.05) is 23.5 Å². The summed E-state index contributed by atoms with van der Waals surface area (Å²) in [6.45, 7) is 3.36. The van der Waals surface area contributed by atoms with Crippen LogP contribution >= 0.6 is 15.9 Å². The van der Waals surface area contributed by atoms with Crippen LogP contribution in [0.2, 0.25) is 0 Å². The Bertz CT molecular complexity index is 1570. The maximum Gasteiger partial charge on any atom is 0.264 e. The quantitative estimate of drug-likeness (QED) is 0.210. The van der Waals surface area contributed by atoms with E-state index in [9.17, 15) is 18.0 Å². The van der Waals surface area contributed by atoms with Crippen LogP contribution in [0.3, 0.4) is 0 Å². The van der Waals surface area contributed by atoms with Gasteiger partial charge in [0.05, 0.1) is 10.6 Å². The van der Waals surface area contributed by atoms with Crippen molar-refractivity contribution in [1.29, 1.82) is 0 Å². The third-order valence-electron chi connectivity index (χ3n) is 6.62. The highest BCUT2D eigenvalue weighted by molar-refractivity contribution is 9.10. The topological polar surface area (TPSA) is 86.8 Å².